The Bertz CT molecular complexity index is 568. The lowest BCUT2D eigenvalue weighted by Gasteiger charge is -2.17. The summed E-state index contributed by atoms with van der Waals surface area (Å²) in [5.41, 5.74) is 1.11. The molecule has 1 saturated heterocycles. The molecule has 4 heteroatoms. The number of rotatable bonds is 1. The third kappa shape index (κ3) is 1.79. The number of halogens is 1. The molecular weight excluding hydrogens is 245 g/mol. The van der Waals surface area contributed by atoms with Crippen molar-refractivity contribution in [3.63, 3.8) is 0 Å². The van der Waals surface area contributed by atoms with Gasteiger partial charge in [-0.3, -0.25) is 9.59 Å². The predicted octanol–water partition coefficient (Wildman–Crippen LogP) is 2.59. The first-order valence-corrected chi connectivity index (χ1v) is 6.38. The number of imide groups is 1. The number of carbonyl (C=O) groups excluding carboxylic acids is 2. The molecule has 1 aromatic rings. The zero-order chi connectivity index (χ0) is 13.6. The van der Waals surface area contributed by atoms with Crippen LogP contribution < -0.4 is 4.90 Å². The number of hydrogen-bond acceptors (Lipinski definition) is 2. The van der Waals surface area contributed by atoms with E-state index in [0.717, 1.165) is 5.56 Å². The van der Waals surface area contributed by atoms with Crippen LogP contribution in [0.2, 0.25) is 0 Å². The lowest BCUT2D eigenvalue weighted by Crippen LogP contribution is -2.31. The summed E-state index contributed by atoms with van der Waals surface area (Å²) in [5.74, 6) is -1.39. The van der Waals surface area contributed by atoms with Crippen molar-refractivity contribution in [3.8, 4) is 0 Å². The summed E-state index contributed by atoms with van der Waals surface area (Å²) in [6.45, 7) is 1.77. The summed E-state index contributed by atoms with van der Waals surface area (Å²) in [7, 11) is 0. The van der Waals surface area contributed by atoms with Gasteiger partial charge in [-0.1, -0.05) is 18.2 Å². The molecule has 0 spiro atoms. The van der Waals surface area contributed by atoms with E-state index in [1.165, 1.54) is 17.0 Å². The van der Waals surface area contributed by atoms with Crippen molar-refractivity contribution in [2.75, 3.05) is 4.90 Å². The van der Waals surface area contributed by atoms with E-state index >= 15 is 0 Å². The molecule has 1 aliphatic carbocycles. The van der Waals surface area contributed by atoms with Crippen LogP contribution in [0.4, 0.5) is 10.1 Å². The Kier molecular flexibility index (Phi) is 2.73. The van der Waals surface area contributed by atoms with Crippen molar-refractivity contribution in [2.45, 2.75) is 19.8 Å². The Morgan fingerprint density at radius 2 is 1.68 bits per heavy atom. The topological polar surface area (TPSA) is 37.4 Å². The molecule has 1 heterocycles. The van der Waals surface area contributed by atoms with Gasteiger partial charge in [-0.05, 0) is 37.5 Å². The maximum absolute atomic E-state index is 13.4. The zero-order valence-electron chi connectivity index (χ0n) is 10.6. The molecule has 3 nitrogen and oxygen atoms in total. The molecule has 1 aliphatic heterocycles. The first-order chi connectivity index (χ1) is 9.09. The van der Waals surface area contributed by atoms with E-state index in [2.05, 4.69) is 0 Å². The lowest BCUT2D eigenvalue weighted by atomic mass is 9.85. The lowest BCUT2D eigenvalue weighted by molar-refractivity contribution is -0.122. The van der Waals surface area contributed by atoms with E-state index in [9.17, 15) is 14.0 Å². The number of nitrogens with zero attached hydrogens (tertiary/aromatic N) is 1. The highest BCUT2D eigenvalue weighted by molar-refractivity contribution is 6.22. The average Bonchev–Trinajstić information content (AvgIpc) is 2.66. The van der Waals surface area contributed by atoms with Crippen molar-refractivity contribution >= 4 is 17.5 Å². The minimum Gasteiger partial charge on any atom is -0.274 e. The van der Waals surface area contributed by atoms with Crippen molar-refractivity contribution in [1.29, 1.82) is 0 Å². The second-order valence-electron chi connectivity index (χ2n) is 5.10. The summed E-state index contributed by atoms with van der Waals surface area (Å²) in [6.07, 6.45) is 5.07. The molecule has 1 aromatic carbocycles. The zero-order valence-corrected chi connectivity index (χ0v) is 10.6. The van der Waals surface area contributed by atoms with E-state index < -0.39 is 5.82 Å². The van der Waals surface area contributed by atoms with Crippen molar-refractivity contribution in [2.24, 2.45) is 11.8 Å². The average molecular weight is 259 g/mol. The van der Waals surface area contributed by atoms with Gasteiger partial charge in [0.05, 0.1) is 17.5 Å². The summed E-state index contributed by atoms with van der Waals surface area (Å²) in [4.78, 5) is 25.9. The molecular formula is C15H14FNO2. The number of amides is 2. The van der Waals surface area contributed by atoms with Crippen LogP contribution in [0.25, 0.3) is 0 Å². The molecule has 0 saturated carbocycles. The van der Waals surface area contributed by atoms with E-state index in [4.69, 9.17) is 0 Å². The molecule has 98 valence electrons. The first kappa shape index (κ1) is 12.1. The van der Waals surface area contributed by atoms with Crippen LogP contribution in [0.5, 0.6) is 0 Å². The standard InChI is InChI=1S/C15H14FNO2/c1-9-6-7-10(16)8-13(9)17-14(18)11-4-2-3-5-12(11)15(17)19/h2-3,6-8,11-12H,4-5H2,1H3. The van der Waals surface area contributed by atoms with Gasteiger partial charge in [-0.15, -0.1) is 0 Å². The molecule has 2 unspecified atom stereocenters. The Morgan fingerprint density at radius 3 is 2.26 bits per heavy atom. The van der Waals surface area contributed by atoms with E-state index in [1.807, 2.05) is 12.2 Å². The van der Waals surface area contributed by atoms with Crippen LogP contribution in [-0.2, 0) is 9.59 Å². The minimum atomic E-state index is -0.436. The van der Waals surface area contributed by atoms with Crippen molar-refractivity contribution < 1.29 is 14.0 Å². The fourth-order valence-electron chi connectivity index (χ4n) is 2.86. The molecule has 19 heavy (non-hydrogen) atoms. The number of aryl methyl sites for hydroxylation is 1. The predicted molar refractivity (Wildman–Crippen MR) is 69.0 cm³/mol. The van der Waals surface area contributed by atoms with Gasteiger partial charge in [-0.25, -0.2) is 9.29 Å². The van der Waals surface area contributed by atoms with Crippen LogP contribution in [-0.4, -0.2) is 11.8 Å². The second-order valence-corrected chi connectivity index (χ2v) is 5.10. The van der Waals surface area contributed by atoms with E-state index in [1.54, 1.807) is 13.0 Å². The van der Waals surface area contributed by atoms with Crippen molar-refractivity contribution in [1.82, 2.24) is 0 Å². The normalized spacial score (nSPS) is 25.9. The van der Waals surface area contributed by atoms with Gasteiger partial charge in [-0.2, -0.15) is 0 Å². The maximum atomic E-state index is 13.4. The van der Waals surface area contributed by atoms with Crippen molar-refractivity contribution in [3.05, 3.63) is 41.7 Å². The highest BCUT2D eigenvalue weighted by Gasteiger charge is 2.48. The Hall–Kier alpha value is -1.97. The number of hydrogen-bond donors (Lipinski definition) is 0. The summed E-state index contributed by atoms with van der Waals surface area (Å²) < 4.78 is 13.4. The Morgan fingerprint density at radius 1 is 1.11 bits per heavy atom. The molecule has 3 rings (SSSR count). The first-order valence-electron chi connectivity index (χ1n) is 6.38. The van der Waals surface area contributed by atoms with Gasteiger partial charge in [0.25, 0.3) is 0 Å². The quantitative estimate of drug-likeness (QED) is 0.574. The van der Waals surface area contributed by atoms with Gasteiger partial charge >= 0.3 is 0 Å². The fourth-order valence-corrected chi connectivity index (χ4v) is 2.86. The van der Waals surface area contributed by atoms with Gasteiger partial charge in [0, 0.05) is 0 Å². The summed E-state index contributed by atoms with van der Waals surface area (Å²) in [5, 5.41) is 0. The number of allylic oxidation sites excluding steroid dienone is 2. The number of benzene rings is 1. The SMILES string of the molecule is Cc1ccc(F)cc1N1C(=O)C2CC=CCC2C1=O. The molecule has 2 aliphatic rings. The molecule has 0 aromatic heterocycles. The third-order valence-corrected chi connectivity index (χ3v) is 3.92. The largest absolute Gasteiger partial charge is 0.274 e. The molecule has 1 fully saturated rings. The van der Waals surface area contributed by atoms with Gasteiger partial charge in [0.2, 0.25) is 11.8 Å². The number of fused-ring (bicyclic) bond motifs is 1. The molecule has 2 amide bonds. The third-order valence-electron chi connectivity index (χ3n) is 3.92. The van der Waals surface area contributed by atoms with Crippen LogP contribution in [0.3, 0.4) is 0 Å². The second kappa shape index (κ2) is 4.30. The maximum Gasteiger partial charge on any atom is 0.238 e. The molecule has 0 N–H and O–H groups in total. The fraction of sp³-hybridized carbons (Fsp3) is 0.333. The van der Waals surface area contributed by atoms with E-state index in [-0.39, 0.29) is 23.7 Å². The Balaban J connectivity index is 2.04. The summed E-state index contributed by atoms with van der Waals surface area (Å²) >= 11 is 0. The van der Waals surface area contributed by atoms with Crippen LogP contribution in [0, 0.1) is 24.6 Å². The number of anilines is 1. The molecule has 0 bridgehead atoms. The van der Waals surface area contributed by atoms with Crippen LogP contribution >= 0.6 is 0 Å². The smallest absolute Gasteiger partial charge is 0.238 e. The Labute approximate surface area is 110 Å². The monoisotopic (exact) mass is 259 g/mol. The minimum absolute atomic E-state index is 0.201. The van der Waals surface area contributed by atoms with Gasteiger partial charge in [0.15, 0.2) is 0 Å². The number of carbonyl (C=O) groups is 2. The van der Waals surface area contributed by atoms with Gasteiger partial charge < -0.3 is 0 Å². The summed E-state index contributed by atoms with van der Waals surface area (Å²) in [6, 6.07) is 4.18. The van der Waals surface area contributed by atoms with E-state index in [0.29, 0.717) is 18.5 Å². The molecule has 2 atom stereocenters. The van der Waals surface area contributed by atoms with Crippen LogP contribution in [0.1, 0.15) is 18.4 Å². The highest BCUT2D eigenvalue weighted by atomic mass is 19.1. The van der Waals surface area contributed by atoms with Gasteiger partial charge in [0.1, 0.15) is 5.82 Å². The molecule has 0 radical (unpaired) electrons. The highest BCUT2D eigenvalue weighted by Crippen LogP contribution is 2.38. The van der Waals surface area contributed by atoms with Crippen LogP contribution in [0.15, 0.2) is 30.4 Å².